The fraction of sp³-hybridized carbons (Fsp3) is 0.571. The number of hydrogen-bond acceptors (Lipinski definition) is 2. The van der Waals surface area contributed by atoms with Gasteiger partial charge < -0.3 is 10.1 Å². The van der Waals surface area contributed by atoms with E-state index in [2.05, 4.69) is 37.4 Å². The molecule has 0 bridgehead atoms. The molecule has 0 amide bonds. The molecule has 1 N–H and O–H groups in total. The molecule has 0 aliphatic heterocycles. The Morgan fingerprint density at radius 1 is 1.38 bits per heavy atom. The predicted molar refractivity (Wildman–Crippen MR) is 67.1 cm³/mol. The van der Waals surface area contributed by atoms with Crippen LogP contribution in [0.5, 0.6) is 5.75 Å². The summed E-state index contributed by atoms with van der Waals surface area (Å²) in [5.74, 6) is 1.05. The normalized spacial score (nSPS) is 19.6. The largest absolute Gasteiger partial charge is 0.496 e. The average Bonchev–Trinajstić information content (AvgIpc) is 2.27. The zero-order valence-electron chi connectivity index (χ0n) is 10.4. The lowest BCUT2D eigenvalue weighted by molar-refractivity contribution is 0.385. The highest BCUT2D eigenvalue weighted by atomic mass is 16.5. The van der Waals surface area contributed by atoms with Gasteiger partial charge in [-0.15, -0.1) is 0 Å². The molecule has 1 aliphatic rings. The number of rotatable bonds is 3. The summed E-state index contributed by atoms with van der Waals surface area (Å²) in [6.07, 6.45) is 3.49. The molecule has 1 aromatic rings. The Labute approximate surface area is 98.0 Å². The molecule has 2 heteroatoms. The Balaban J connectivity index is 2.18. The van der Waals surface area contributed by atoms with E-state index < -0.39 is 0 Å². The van der Waals surface area contributed by atoms with Crippen LogP contribution in [0.25, 0.3) is 0 Å². The van der Waals surface area contributed by atoms with Crippen molar-refractivity contribution in [2.75, 3.05) is 7.11 Å². The van der Waals surface area contributed by atoms with Crippen molar-refractivity contribution in [3.63, 3.8) is 0 Å². The van der Waals surface area contributed by atoms with Crippen LogP contribution in [0.3, 0.4) is 0 Å². The molecular formula is C14H21NO. The van der Waals surface area contributed by atoms with Gasteiger partial charge in [0.05, 0.1) is 7.11 Å². The molecule has 0 saturated carbocycles. The maximum atomic E-state index is 5.44. The van der Waals surface area contributed by atoms with Crippen molar-refractivity contribution in [3.05, 3.63) is 29.3 Å². The summed E-state index contributed by atoms with van der Waals surface area (Å²) in [7, 11) is 1.76. The van der Waals surface area contributed by atoms with Gasteiger partial charge in [-0.25, -0.2) is 0 Å². The summed E-state index contributed by atoms with van der Waals surface area (Å²) in [5, 5.41) is 3.62. The van der Waals surface area contributed by atoms with Crippen LogP contribution in [0.4, 0.5) is 0 Å². The maximum absolute atomic E-state index is 5.44. The molecule has 0 radical (unpaired) electrons. The molecule has 16 heavy (non-hydrogen) atoms. The third-order valence-electron chi connectivity index (χ3n) is 3.23. The Morgan fingerprint density at radius 3 is 2.88 bits per heavy atom. The first-order chi connectivity index (χ1) is 7.70. The van der Waals surface area contributed by atoms with E-state index in [9.17, 15) is 0 Å². The smallest absolute Gasteiger partial charge is 0.122 e. The number of benzene rings is 1. The van der Waals surface area contributed by atoms with E-state index in [0.29, 0.717) is 12.1 Å². The van der Waals surface area contributed by atoms with E-state index in [-0.39, 0.29) is 0 Å². The number of fused-ring (bicyclic) bond motifs is 1. The van der Waals surface area contributed by atoms with Gasteiger partial charge in [0.1, 0.15) is 5.75 Å². The zero-order valence-corrected chi connectivity index (χ0v) is 10.4. The summed E-state index contributed by atoms with van der Waals surface area (Å²) in [6, 6.07) is 7.54. The van der Waals surface area contributed by atoms with Gasteiger partial charge in [0, 0.05) is 12.1 Å². The Hall–Kier alpha value is -1.02. The van der Waals surface area contributed by atoms with Crippen LogP contribution in [0.15, 0.2) is 18.2 Å². The average molecular weight is 219 g/mol. The molecule has 2 nitrogen and oxygen atoms in total. The molecule has 0 saturated heterocycles. The number of aryl methyl sites for hydroxylation is 1. The summed E-state index contributed by atoms with van der Waals surface area (Å²) >= 11 is 0. The van der Waals surface area contributed by atoms with Gasteiger partial charge in [0.2, 0.25) is 0 Å². The molecule has 2 rings (SSSR count). The molecule has 0 aromatic heterocycles. The third-order valence-corrected chi connectivity index (χ3v) is 3.23. The van der Waals surface area contributed by atoms with Gasteiger partial charge >= 0.3 is 0 Å². The SMILES string of the molecule is COc1cccc2c1C[C@@H](NC(C)C)CC2. The van der Waals surface area contributed by atoms with Crippen LogP contribution in [0, 0.1) is 0 Å². The second kappa shape index (κ2) is 4.88. The zero-order chi connectivity index (χ0) is 11.5. The van der Waals surface area contributed by atoms with Crippen LogP contribution in [-0.2, 0) is 12.8 Å². The van der Waals surface area contributed by atoms with Gasteiger partial charge in [0.15, 0.2) is 0 Å². The van der Waals surface area contributed by atoms with Crippen molar-refractivity contribution >= 4 is 0 Å². The highest BCUT2D eigenvalue weighted by Gasteiger charge is 2.21. The van der Waals surface area contributed by atoms with Crippen LogP contribution in [-0.4, -0.2) is 19.2 Å². The van der Waals surface area contributed by atoms with Gasteiger partial charge in [0.25, 0.3) is 0 Å². The summed E-state index contributed by atoms with van der Waals surface area (Å²) in [4.78, 5) is 0. The first kappa shape index (κ1) is 11.5. The molecule has 0 heterocycles. The van der Waals surface area contributed by atoms with Gasteiger partial charge in [-0.2, -0.15) is 0 Å². The molecule has 0 spiro atoms. The quantitative estimate of drug-likeness (QED) is 0.843. The lowest BCUT2D eigenvalue weighted by Gasteiger charge is -2.28. The molecule has 0 unspecified atom stereocenters. The van der Waals surface area contributed by atoms with Crippen molar-refractivity contribution in [1.29, 1.82) is 0 Å². The van der Waals surface area contributed by atoms with Crippen LogP contribution in [0.1, 0.15) is 31.4 Å². The second-order valence-corrected chi connectivity index (χ2v) is 4.86. The standard InChI is InChI=1S/C14H21NO/c1-10(2)15-12-8-7-11-5-4-6-14(16-3)13(11)9-12/h4-6,10,12,15H,7-9H2,1-3H3/t12-/m0/s1. The van der Waals surface area contributed by atoms with E-state index in [0.717, 1.165) is 18.6 Å². The fourth-order valence-corrected chi connectivity index (χ4v) is 2.56. The molecule has 1 aliphatic carbocycles. The molecule has 88 valence electrons. The summed E-state index contributed by atoms with van der Waals surface area (Å²) in [6.45, 7) is 4.41. The number of ether oxygens (including phenoxy) is 1. The molecule has 0 fully saturated rings. The van der Waals surface area contributed by atoms with Crippen molar-refractivity contribution in [2.24, 2.45) is 0 Å². The van der Waals surface area contributed by atoms with Gasteiger partial charge in [-0.05, 0) is 36.5 Å². The van der Waals surface area contributed by atoms with Gasteiger partial charge in [-0.3, -0.25) is 0 Å². The molecule has 1 aromatic carbocycles. The first-order valence-electron chi connectivity index (χ1n) is 6.11. The lowest BCUT2D eigenvalue weighted by atomic mass is 9.87. The second-order valence-electron chi connectivity index (χ2n) is 4.86. The fourth-order valence-electron chi connectivity index (χ4n) is 2.56. The number of nitrogens with one attached hydrogen (secondary N) is 1. The van der Waals surface area contributed by atoms with Crippen LogP contribution in [0.2, 0.25) is 0 Å². The van der Waals surface area contributed by atoms with E-state index >= 15 is 0 Å². The monoisotopic (exact) mass is 219 g/mol. The highest BCUT2D eigenvalue weighted by molar-refractivity contribution is 5.42. The minimum absolute atomic E-state index is 0.557. The van der Waals surface area contributed by atoms with E-state index in [1.165, 1.54) is 17.5 Å². The minimum Gasteiger partial charge on any atom is -0.496 e. The topological polar surface area (TPSA) is 21.3 Å². The third kappa shape index (κ3) is 2.38. The number of methoxy groups -OCH3 is 1. The van der Waals surface area contributed by atoms with E-state index in [1.54, 1.807) is 7.11 Å². The maximum Gasteiger partial charge on any atom is 0.122 e. The van der Waals surface area contributed by atoms with Crippen LogP contribution >= 0.6 is 0 Å². The van der Waals surface area contributed by atoms with Crippen molar-refractivity contribution in [3.8, 4) is 5.75 Å². The van der Waals surface area contributed by atoms with Crippen molar-refractivity contribution in [1.82, 2.24) is 5.32 Å². The van der Waals surface area contributed by atoms with E-state index in [4.69, 9.17) is 4.74 Å². The molecule has 1 atom stereocenters. The Kier molecular flexibility index (Phi) is 3.49. The molecular weight excluding hydrogens is 198 g/mol. The highest BCUT2D eigenvalue weighted by Crippen LogP contribution is 2.29. The Bertz CT molecular complexity index is 346. The van der Waals surface area contributed by atoms with E-state index in [1.807, 2.05) is 0 Å². The van der Waals surface area contributed by atoms with Crippen LogP contribution < -0.4 is 10.1 Å². The Morgan fingerprint density at radius 2 is 2.19 bits per heavy atom. The minimum atomic E-state index is 0.557. The van der Waals surface area contributed by atoms with Crippen molar-refractivity contribution < 1.29 is 4.74 Å². The predicted octanol–water partition coefficient (Wildman–Crippen LogP) is 2.55. The number of hydrogen-bond donors (Lipinski definition) is 1. The van der Waals surface area contributed by atoms with Gasteiger partial charge in [-0.1, -0.05) is 26.0 Å². The summed E-state index contributed by atoms with van der Waals surface area (Å²) < 4.78 is 5.44. The van der Waals surface area contributed by atoms with Crippen molar-refractivity contribution in [2.45, 2.75) is 45.2 Å². The first-order valence-corrected chi connectivity index (χ1v) is 6.11. The lowest BCUT2D eigenvalue weighted by Crippen LogP contribution is -2.38. The summed E-state index contributed by atoms with van der Waals surface area (Å²) in [5.41, 5.74) is 2.86.